The van der Waals surface area contributed by atoms with Crippen molar-refractivity contribution < 1.29 is 0 Å². The number of nitrogens with one attached hydrogen (secondary N) is 1. The minimum atomic E-state index is 0.556. The molecule has 0 bridgehead atoms. The Labute approximate surface area is 124 Å². The molecule has 1 heterocycles. The molecule has 0 saturated heterocycles. The highest BCUT2D eigenvalue weighted by atomic mass is 15.3. The maximum atomic E-state index is 4.52. The fraction of sp³-hybridized carbons (Fsp3) is 0.824. The summed E-state index contributed by atoms with van der Waals surface area (Å²) in [5.74, 6) is 0. The highest BCUT2D eigenvalue weighted by Gasteiger charge is 2.23. The Balaban J connectivity index is 1.67. The van der Waals surface area contributed by atoms with E-state index in [1.807, 2.05) is 0 Å². The van der Waals surface area contributed by atoms with Gasteiger partial charge in [-0.1, -0.05) is 20.3 Å². The van der Waals surface area contributed by atoms with Crippen LogP contribution in [0, 0.1) is 19.3 Å². The van der Waals surface area contributed by atoms with Crippen LogP contribution in [0.5, 0.6) is 0 Å². The molecular formula is C17H31N3. The van der Waals surface area contributed by atoms with Crippen molar-refractivity contribution in [3.05, 3.63) is 17.5 Å². The average Bonchev–Trinajstić information content (AvgIpc) is 2.58. The Bertz CT molecular complexity index is 420. The molecule has 0 radical (unpaired) electrons. The molecule has 0 amide bonds. The van der Waals surface area contributed by atoms with E-state index in [9.17, 15) is 0 Å². The molecule has 0 aliphatic heterocycles. The van der Waals surface area contributed by atoms with Crippen molar-refractivity contribution in [1.82, 2.24) is 15.1 Å². The molecule has 0 spiro atoms. The van der Waals surface area contributed by atoms with E-state index < -0.39 is 0 Å². The highest BCUT2D eigenvalue weighted by Crippen LogP contribution is 2.33. The van der Waals surface area contributed by atoms with E-state index in [2.05, 4.69) is 48.9 Å². The van der Waals surface area contributed by atoms with Gasteiger partial charge >= 0.3 is 0 Å². The SMILES string of the molecule is Cc1cc(C)n(CCCNC2CCCC(C)(C)CC2)n1. The summed E-state index contributed by atoms with van der Waals surface area (Å²) in [6, 6.07) is 2.89. The van der Waals surface area contributed by atoms with Crippen LogP contribution in [0.1, 0.15) is 63.8 Å². The van der Waals surface area contributed by atoms with Gasteiger partial charge in [0.25, 0.3) is 0 Å². The Morgan fingerprint density at radius 2 is 2.10 bits per heavy atom. The zero-order valence-electron chi connectivity index (χ0n) is 13.7. The minimum Gasteiger partial charge on any atom is -0.314 e. The van der Waals surface area contributed by atoms with E-state index in [-0.39, 0.29) is 0 Å². The molecule has 3 heteroatoms. The molecule has 1 aliphatic carbocycles. The summed E-state index contributed by atoms with van der Waals surface area (Å²) in [4.78, 5) is 0. The van der Waals surface area contributed by atoms with E-state index >= 15 is 0 Å². The van der Waals surface area contributed by atoms with Gasteiger partial charge in [0.15, 0.2) is 0 Å². The van der Waals surface area contributed by atoms with Crippen molar-refractivity contribution in [2.75, 3.05) is 6.54 Å². The van der Waals surface area contributed by atoms with Crippen LogP contribution in [0.3, 0.4) is 0 Å². The van der Waals surface area contributed by atoms with Gasteiger partial charge in [-0.05, 0) is 64.0 Å². The van der Waals surface area contributed by atoms with Crippen LogP contribution < -0.4 is 5.32 Å². The smallest absolute Gasteiger partial charge is 0.0596 e. The van der Waals surface area contributed by atoms with Crippen LogP contribution in [0.2, 0.25) is 0 Å². The maximum Gasteiger partial charge on any atom is 0.0596 e. The van der Waals surface area contributed by atoms with Crippen LogP contribution in [0.15, 0.2) is 6.07 Å². The lowest BCUT2D eigenvalue weighted by Crippen LogP contribution is -2.30. The Morgan fingerprint density at radius 1 is 1.30 bits per heavy atom. The third-order valence-corrected chi connectivity index (χ3v) is 4.66. The second-order valence-electron chi connectivity index (χ2n) is 7.25. The summed E-state index contributed by atoms with van der Waals surface area (Å²) < 4.78 is 2.13. The molecule has 1 atom stereocenters. The average molecular weight is 277 g/mol. The molecular weight excluding hydrogens is 246 g/mol. The third-order valence-electron chi connectivity index (χ3n) is 4.66. The second-order valence-corrected chi connectivity index (χ2v) is 7.25. The third kappa shape index (κ3) is 4.62. The van der Waals surface area contributed by atoms with E-state index in [0.29, 0.717) is 5.41 Å². The van der Waals surface area contributed by atoms with Crippen LogP contribution in [-0.2, 0) is 6.54 Å². The first-order valence-corrected chi connectivity index (χ1v) is 8.21. The lowest BCUT2D eigenvalue weighted by atomic mass is 9.85. The van der Waals surface area contributed by atoms with Gasteiger partial charge < -0.3 is 5.32 Å². The zero-order chi connectivity index (χ0) is 14.6. The van der Waals surface area contributed by atoms with Gasteiger partial charge in [-0.2, -0.15) is 5.10 Å². The van der Waals surface area contributed by atoms with Gasteiger partial charge in [0.05, 0.1) is 5.69 Å². The van der Waals surface area contributed by atoms with Gasteiger partial charge in [-0.25, -0.2) is 0 Å². The largest absolute Gasteiger partial charge is 0.314 e. The summed E-state index contributed by atoms with van der Waals surface area (Å²) in [5, 5.41) is 8.27. The molecule has 1 saturated carbocycles. The Kier molecular flexibility index (Phi) is 5.25. The van der Waals surface area contributed by atoms with Crippen molar-refractivity contribution in [1.29, 1.82) is 0 Å². The van der Waals surface area contributed by atoms with Crippen LogP contribution in [0.4, 0.5) is 0 Å². The molecule has 1 N–H and O–H groups in total. The number of aromatic nitrogens is 2. The molecule has 114 valence electrons. The van der Waals surface area contributed by atoms with Gasteiger partial charge in [0, 0.05) is 18.3 Å². The molecule has 2 rings (SSSR count). The van der Waals surface area contributed by atoms with E-state index in [1.54, 1.807) is 0 Å². The first-order chi connectivity index (χ1) is 9.46. The van der Waals surface area contributed by atoms with E-state index in [4.69, 9.17) is 0 Å². The van der Waals surface area contributed by atoms with Crippen LogP contribution in [-0.4, -0.2) is 22.4 Å². The Morgan fingerprint density at radius 3 is 2.80 bits per heavy atom. The predicted molar refractivity (Wildman–Crippen MR) is 85.0 cm³/mol. The van der Waals surface area contributed by atoms with Gasteiger partial charge in [0.2, 0.25) is 0 Å². The van der Waals surface area contributed by atoms with Crippen molar-refractivity contribution in [3.8, 4) is 0 Å². The number of rotatable bonds is 5. The number of nitrogens with zero attached hydrogens (tertiary/aromatic N) is 2. The monoisotopic (exact) mass is 277 g/mol. The first-order valence-electron chi connectivity index (χ1n) is 8.21. The molecule has 20 heavy (non-hydrogen) atoms. The van der Waals surface area contributed by atoms with Gasteiger partial charge in [0.1, 0.15) is 0 Å². The van der Waals surface area contributed by atoms with Crippen LogP contribution in [0.25, 0.3) is 0 Å². The second kappa shape index (κ2) is 6.75. The summed E-state index contributed by atoms with van der Waals surface area (Å²) >= 11 is 0. The number of hydrogen-bond acceptors (Lipinski definition) is 2. The fourth-order valence-electron chi connectivity index (χ4n) is 3.30. The summed E-state index contributed by atoms with van der Waals surface area (Å²) in [7, 11) is 0. The quantitative estimate of drug-likeness (QED) is 0.654. The molecule has 1 fully saturated rings. The predicted octanol–water partition coefficient (Wildman–Crippen LogP) is 3.84. The highest BCUT2D eigenvalue weighted by molar-refractivity contribution is 5.06. The number of aryl methyl sites for hydroxylation is 3. The maximum absolute atomic E-state index is 4.52. The van der Waals surface area contributed by atoms with Gasteiger partial charge in [-0.15, -0.1) is 0 Å². The molecule has 0 aromatic carbocycles. The van der Waals surface area contributed by atoms with E-state index in [1.165, 1.54) is 44.2 Å². The van der Waals surface area contributed by atoms with Gasteiger partial charge in [-0.3, -0.25) is 4.68 Å². The van der Waals surface area contributed by atoms with Crippen molar-refractivity contribution >= 4 is 0 Å². The summed E-state index contributed by atoms with van der Waals surface area (Å²) in [6.45, 7) is 11.2. The van der Waals surface area contributed by atoms with Crippen molar-refractivity contribution in [2.45, 2.75) is 78.8 Å². The topological polar surface area (TPSA) is 29.9 Å². The van der Waals surface area contributed by atoms with Crippen molar-refractivity contribution in [2.24, 2.45) is 5.41 Å². The molecule has 1 aromatic rings. The lowest BCUT2D eigenvalue weighted by molar-refractivity contribution is 0.309. The van der Waals surface area contributed by atoms with Crippen LogP contribution >= 0.6 is 0 Å². The number of hydrogen-bond donors (Lipinski definition) is 1. The summed E-state index contributed by atoms with van der Waals surface area (Å²) in [5.41, 5.74) is 2.96. The van der Waals surface area contributed by atoms with Crippen molar-refractivity contribution in [3.63, 3.8) is 0 Å². The molecule has 1 aromatic heterocycles. The molecule has 1 unspecified atom stereocenters. The standard InChI is InChI=1S/C17H31N3/c1-14-13-15(2)20(19-14)12-6-11-18-16-7-5-9-17(3,4)10-8-16/h13,16,18H,5-12H2,1-4H3. The lowest BCUT2D eigenvalue weighted by Gasteiger charge is -2.22. The summed E-state index contributed by atoms with van der Waals surface area (Å²) in [6.07, 6.45) is 7.99. The normalized spacial score (nSPS) is 22.7. The Hall–Kier alpha value is -0.830. The fourth-order valence-corrected chi connectivity index (χ4v) is 3.30. The van der Waals surface area contributed by atoms with E-state index in [0.717, 1.165) is 24.8 Å². The zero-order valence-corrected chi connectivity index (χ0v) is 13.7. The molecule has 3 nitrogen and oxygen atoms in total. The molecule has 1 aliphatic rings. The minimum absolute atomic E-state index is 0.556. The first kappa shape index (κ1) is 15.6.